The number of benzene rings is 1. The van der Waals surface area contributed by atoms with Crippen LogP contribution in [-0.4, -0.2) is 30.6 Å². The first-order chi connectivity index (χ1) is 8.45. The van der Waals surface area contributed by atoms with Gasteiger partial charge in [-0.05, 0) is 57.0 Å². The van der Waals surface area contributed by atoms with Gasteiger partial charge in [0.25, 0.3) is 0 Å². The predicted octanol–water partition coefficient (Wildman–Crippen LogP) is 3.27. The molecule has 0 radical (unpaired) electrons. The molecule has 0 aliphatic carbocycles. The van der Waals surface area contributed by atoms with Gasteiger partial charge in [-0.3, -0.25) is 0 Å². The zero-order valence-corrected chi connectivity index (χ0v) is 11.7. The van der Waals surface area contributed by atoms with Crippen molar-refractivity contribution in [2.75, 3.05) is 18.9 Å². The maximum atomic E-state index is 13.4. The summed E-state index contributed by atoms with van der Waals surface area (Å²) in [6, 6.07) is 6.17. The molecule has 1 aliphatic heterocycles. The lowest BCUT2D eigenvalue weighted by molar-refractivity contribution is 0.145. The second kappa shape index (κ2) is 5.27. The number of hydrogen-bond acceptors (Lipinski definition) is 2. The van der Waals surface area contributed by atoms with E-state index in [-0.39, 0.29) is 5.82 Å². The second-order valence-electron chi connectivity index (χ2n) is 5.77. The Labute approximate surface area is 109 Å². The summed E-state index contributed by atoms with van der Waals surface area (Å²) < 4.78 is 13.4. The Kier molecular flexibility index (Phi) is 3.91. The van der Waals surface area contributed by atoms with E-state index in [1.54, 1.807) is 12.1 Å². The Balaban J connectivity index is 2.08. The molecular weight excluding hydrogens is 227 g/mol. The molecular formula is C15H23FN2. The van der Waals surface area contributed by atoms with Gasteiger partial charge in [-0.2, -0.15) is 0 Å². The van der Waals surface area contributed by atoms with Crippen LogP contribution in [0.3, 0.4) is 0 Å². The first-order valence-corrected chi connectivity index (χ1v) is 6.69. The van der Waals surface area contributed by atoms with Crippen LogP contribution in [0.15, 0.2) is 18.2 Å². The first kappa shape index (κ1) is 13.3. The molecule has 1 heterocycles. The third-order valence-electron chi connectivity index (χ3n) is 4.00. The van der Waals surface area contributed by atoms with Gasteiger partial charge >= 0.3 is 0 Å². The fraction of sp³-hybridized carbons (Fsp3) is 0.600. The molecule has 3 atom stereocenters. The highest BCUT2D eigenvalue weighted by atomic mass is 19.1. The number of hydrogen-bond donors (Lipinski definition) is 1. The molecule has 100 valence electrons. The molecule has 18 heavy (non-hydrogen) atoms. The molecule has 1 fully saturated rings. The van der Waals surface area contributed by atoms with Gasteiger partial charge in [-0.25, -0.2) is 4.39 Å². The number of nitrogens with one attached hydrogen (secondary N) is 1. The summed E-state index contributed by atoms with van der Waals surface area (Å²) in [4.78, 5) is 2.39. The van der Waals surface area contributed by atoms with Crippen molar-refractivity contribution in [1.82, 2.24) is 4.90 Å². The summed E-state index contributed by atoms with van der Waals surface area (Å²) in [6.07, 6.45) is 1.10. The van der Waals surface area contributed by atoms with E-state index in [0.29, 0.717) is 18.0 Å². The molecule has 1 N–H and O–H groups in total. The molecule has 3 heteroatoms. The summed E-state index contributed by atoms with van der Waals surface area (Å²) in [5.41, 5.74) is 1.87. The van der Waals surface area contributed by atoms with Crippen LogP contribution in [0.5, 0.6) is 0 Å². The van der Waals surface area contributed by atoms with Crippen molar-refractivity contribution in [2.45, 2.75) is 39.3 Å². The van der Waals surface area contributed by atoms with E-state index in [2.05, 4.69) is 31.1 Å². The Morgan fingerprint density at radius 3 is 2.67 bits per heavy atom. The van der Waals surface area contributed by atoms with Gasteiger partial charge in [0.2, 0.25) is 0 Å². The summed E-state index contributed by atoms with van der Waals surface area (Å²) >= 11 is 0. The minimum absolute atomic E-state index is 0.161. The summed E-state index contributed by atoms with van der Waals surface area (Å²) in [5, 5.41) is 3.50. The minimum Gasteiger partial charge on any atom is -0.382 e. The van der Waals surface area contributed by atoms with E-state index < -0.39 is 0 Å². The Hall–Kier alpha value is -1.09. The van der Waals surface area contributed by atoms with Crippen molar-refractivity contribution in [3.8, 4) is 0 Å². The van der Waals surface area contributed by atoms with Crippen LogP contribution in [0, 0.1) is 18.7 Å². The van der Waals surface area contributed by atoms with E-state index in [0.717, 1.165) is 24.2 Å². The SMILES string of the molecule is Cc1cc(F)cc(NC2CC(C)N(C)CC2C)c1. The number of nitrogens with zero attached hydrogens (tertiary/aromatic N) is 1. The van der Waals surface area contributed by atoms with Crippen molar-refractivity contribution in [1.29, 1.82) is 0 Å². The molecule has 1 aromatic carbocycles. The molecule has 0 amide bonds. The topological polar surface area (TPSA) is 15.3 Å². The number of piperidine rings is 1. The fourth-order valence-corrected chi connectivity index (χ4v) is 2.78. The highest BCUT2D eigenvalue weighted by Crippen LogP contribution is 2.25. The smallest absolute Gasteiger partial charge is 0.125 e. The maximum absolute atomic E-state index is 13.4. The van der Waals surface area contributed by atoms with Crippen LogP contribution in [0.4, 0.5) is 10.1 Å². The number of likely N-dealkylation sites (tertiary alicyclic amines) is 1. The van der Waals surface area contributed by atoms with Gasteiger partial charge in [-0.1, -0.05) is 6.92 Å². The minimum atomic E-state index is -0.161. The lowest BCUT2D eigenvalue weighted by atomic mass is 9.89. The molecule has 1 aromatic rings. The number of halogens is 1. The molecule has 2 nitrogen and oxygen atoms in total. The predicted molar refractivity (Wildman–Crippen MR) is 74.4 cm³/mol. The zero-order chi connectivity index (χ0) is 13.3. The van der Waals surface area contributed by atoms with E-state index in [1.807, 2.05) is 13.0 Å². The van der Waals surface area contributed by atoms with Crippen molar-refractivity contribution >= 4 is 5.69 Å². The second-order valence-corrected chi connectivity index (χ2v) is 5.77. The van der Waals surface area contributed by atoms with Crippen molar-refractivity contribution in [3.63, 3.8) is 0 Å². The summed E-state index contributed by atoms with van der Waals surface area (Å²) in [7, 11) is 2.17. The molecule has 0 aromatic heterocycles. The van der Waals surface area contributed by atoms with Gasteiger partial charge in [0.15, 0.2) is 0 Å². The van der Waals surface area contributed by atoms with E-state index >= 15 is 0 Å². The average molecular weight is 250 g/mol. The van der Waals surface area contributed by atoms with E-state index in [9.17, 15) is 4.39 Å². The van der Waals surface area contributed by atoms with E-state index in [4.69, 9.17) is 0 Å². The number of aryl methyl sites for hydroxylation is 1. The summed E-state index contributed by atoms with van der Waals surface area (Å²) in [5.74, 6) is 0.418. The molecule has 0 bridgehead atoms. The maximum Gasteiger partial charge on any atom is 0.125 e. The van der Waals surface area contributed by atoms with Crippen LogP contribution in [-0.2, 0) is 0 Å². The van der Waals surface area contributed by atoms with Crippen LogP contribution in [0.2, 0.25) is 0 Å². The average Bonchev–Trinajstić information content (AvgIpc) is 2.24. The molecule has 1 saturated heterocycles. The van der Waals surface area contributed by atoms with Crippen molar-refractivity contribution in [2.24, 2.45) is 5.92 Å². The van der Waals surface area contributed by atoms with Gasteiger partial charge in [0.1, 0.15) is 5.82 Å². The van der Waals surface area contributed by atoms with Crippen LogP contribution in [0.1, 0.15) is 25.8 Å². The number of anilines is 1. The Morgan fingerprint density at radius 2 is 2.00 bits per heavy atom. The van der Waals surface area contributed by atoms with Crippen LogP contribution >= 0.6 is 0 Å². The van der Waals surface area contributed by atoms with Gasteiger partial charge in [-0.15, -0.1) is 0 Å². The Morgan fingerprint density at radius 1 is 1.28 bits per heavy atom. The standard InChI is InChI=1S/C15H23FN2/c1-10-5-13(16)8-14(6-10)17-15-7-12(3)18(4)9-11(15)2/h5-6,8,11-12,15,17H,7,9H2,1-4H3. The van der Waals surface area contributed by atoms with Crippen LogP contribution in [0.25, 0.3) is 0 Å². The van der Waals surface area contributed by atoms with Crippen molar-refractivity contribution < 1.29 is 4.39 Å². The fourth-order valence-electron chi connectivity index (χ4n) is 2.78. The van der Waals surface area contributed by atoms with Gasteiger partial charge < -0.3 is 10.2 Å². The monoisotopic (exact) mass is 250 g/mol. The molecule has 1 aliphatic rings. The Bertz CT molecular complexity index is 399. The zero-order valence-electron chi connectivity index (χ0n) is 11.7. The third-order valence-corrected chi connectivity index (χ3v) is 4.00. The quantitative estimate of drug-likeness (QED) is 0.866. The highest BCUT2D eigenvalue weighted by molar-refractivity contribution is 5.47. The van der Waals surface area contributed by atoms with Gasteiger partial charge in [0.05, 0.1) is 0 Å². The molecule has 0 spiro atoms. The number of rotatable bonds is 2. The molecule has 0 saturated carbocycles. The normalized spacial score (nSPS) is 29.3. The molecule has 2 rings (SSSR count). The van der Waals surface area contributed by atoms with Crippen LogP contribution < -0.4 is 5.32 Å². The lowest BCUT2D eigenvalue weighted by Crippen LogP contribution is -2.48. The van der Waals surface area contributed by atoms with Gasteiger partial charge in [0, 0.05) is 24.3 Å². The highest BCUT2D eigenvalue weighted by Gasteiger charge is 2.28. The first-order valence-electron chi connectivity index (χ1n) is 6.69. The third kappa shape index (κ3) is 3.02. The van der Waals surface area contributed by atoms with E-state index in [1.165, 1.54) is 0 Å². The lowest BCUT2D eigenvalue weighted by Gasteiger charge is -2.40. The van der Waals surface area contributed by atoms with Crippen molar-refractivity contribution in [3.05, 3.63) is 29.6 Å². The largest absolute Gasteiger partial charge is 0.382 e. The molecule has 3 unspecified atom stereocenters. The summed E-state index contributed by atoms with van der Waals surface area (Å²) in [6.45, 7) is 7.52.